The number of methoxy groups -OCH3 is 1. The van der Waals surface area contributed by atoms with Gasteiger partial charge in [0.2, 0.25) is 0 Å². The third kappa shape index (κ3) is 3.71. The summed E-state index contributed by atoms with van der Waals surface area (Å²) in [5.74, 6) is 1.16. The van der Waals surface area contributed by atoms with Gasteiger partial charge in [0, 0.05) is 0 Å². The molecule has 1 fully saturated rings. The van der Waals surface area contributed by atoms with Gasteiger partial charge >= 0.3 is 0 Å². The number of thioether (sulfide) groups is 1. The number of amides is 2. The Morgan fingerprint density at radius 2 is 1.96 bits per heavy atom. The predicted molar refractivity (Wildman–Crippen MR) is 98.1 cm³/mol. The van der Waals surface area contributed by atoms with Crippen LogP contribution in [0.1, 0.15) is 16.7 Å². The molecule has 0 bridgehead atoms. The minimum absolute atomic E-state index is 0.327. The summed E-state index contributed by atoms with van der Waals surface area (Å²) in [5, 5.41) is 10.8. The molecule has 2 aromatic rings. The van der Waals surface area contributed by atoms with Crippen molar-refractivity contribution in [3.63, 3.8) is 0 Å². The molecule has 3 rings (SSSR count). The fraction of sp³-hybridized carbons (Fsp3) is 0.105. The molecule has 1 aliphatic heterocycles. The average molecular weight is 366 g/mol. The van der Waals surface area contributed by atoms with E-state index in [1.54, 1.807) is 42.5 Å². The van der Waals surface area contributed by atoms with Crippen LogP contribution in [0.15, 0.2) is 41.3 Å². The Hall–Kier alpha value is -3.24. The molecule has 0 unspecified atom stereocenters. The second-order valence-electron chi connectivity index (χ2n) is 5.45. The van der Waals surface area contributed by atoms with Gasteiger partial charge in [-0.1, -0.05) is 6.07 Å². The molecule has 0 radical (unpaired) electrons. The molecule has 0 aliphatic carbocycles. The standard InChI is InChI=1S/C19H14N2O4S/c1-11-7-14(5-4-13(11)10-20)25-15-6-3-12(8-16(15)24-2)9-17-18(22)21-19(23)26-17/h3-9H,1-2H3,(H,21,22,23)/b17-9-. The molecule has 1 heterocycles. The number of ether oxygens (including phenoxy) is 2. The van der Waals surface area contributed by atoms with Gasteiger partial charge in [0.15, 0.2) is 11.5 Å². The lowest BCUT2D eigenvalue weighted by molar-refractivity contribution is -0.115. The number of aryl methyl sites for hydroxylation is 1. The molecule has 130 valence electrons. The van der Waals surface area contributed by atoms with E-state index < -0.39 is 5.91 Å². The van der Waals surface area contributed by atoms with E-state index >= 15 is 0 Å². The molecule has 0 aromatic heterocycles. The maximum atomic E-state index is 11.6. The average Bonchev–Trinajstić information content (AvgIpc) is 2.93. The molecule has 1 aliphatic rings. The number of rotatable bonds is 4. The smallest absolute Gasteiger partial charge is 0.290 e. The van der Waals surface area contributed by atoms with Crippen LogP contribution in [0, 0.1) is 18.3 Å². The Bertz CT molecular complexity index is 976. The summed E-state index contributed by atoms with van der Waals surface area (Å²) in [5.41, 5.74) is 2.12. The summed E-state index contributed by atoms with van der Waals surface area (Å²) < 4.78 is 11.2. The van der Waals surface area contributed by atoms with Gasteiger partial charge in [-0.3, -0.25) is 14.9 Å². The van der Waals surface area contributed by atoms with Gasteiger partial charge < -0.3 is 9.47 Å². The zero-order valence-corrected chi connectivity index (χ0v) is 14.8. The first-order valence-corrected chi connectivity index (χ1v) is 8.43. The van der Waals surface area contributed by atoms with Crippen molar-refractivity contribution in [2.75, 3.05) is 7.11 Å². The lowest BCUT2D eigenvalue weighted by Crippen LogP contribution is -2.17. The van der Waals surface area contributed by atoms with Crippen LogP contribution < -0.4 is 14.8 Å². The number of nitriles is 1. The summed E-state index contributed by atoms with van der Waals surface area (Å²) in [6.07, 6.45) is 1.61. The number of carbonyl (C=O) groups excluding carboxylic acids is 2. The molecule has 2 aromatic carbocycles. The molecule has 1 saturated heterocycles. The number of nitrogens with zero attached hydrogens (tertiary/aromatic N) is 1. The van der Waals surface area contributed by atoms with Gasteiger partial charge in [0.05, 0.1) is 23.6 Å². The third-order valence-electron chi connectivity index (χ3n) is 3.67. The predicted octanol–water partition coefficient (Wildman–Crippen LogP) is 3.99. The number of hydrogen-bond acceptors (Lipinski definition) is 6. The van der Waals surface area contributed by atoms with Crippen molar-refractivity contribution in [1.29, 1.82) is 5.26 Å². The minimum atomic E-state index is -0.410. The molecule has 0 atom stereocenters. The van der Waals surface area contributed by atoms with Crippen LogP contribution >= 0.6 is 11.8 Å². The molecular weight excluding hydrogens is 352 g/mol. The third-order valence-corrected chi connectivity index (χ3v) is 4.48. The highest BCUT2D eigenvalue weighted by Gasteiger charge is 2.25. The second kappa shape index (κ2) is 7.33. The lowest BCUT2D eigenvalue weighted by atomic mass is 10.1. The van der Waals surface area contributed by atoms with Crippen LogP contribution in [0.4, 0.5) is 4.79 Å². The van der Waals surface area contributed by atoms with E-state index in [-0.39, 0.29) is 5.24 Å². The molecule has 2 amide bonds. The highest BCUT2D eigenvalue weighted by atomic mass is 32.2. The van der Waals surface area contributed by atoms with Crippen molar-refractivity contribution in [3.05, 3.63) is 58.0 Å². The van der Waals surface area contributed by atoms with E-state index in [0.717, 1.165) is 17.3 Å². The van der Waals surface area contributed by atoms with Gasteiger partial charge in [-0.2, -0.15) is 5.26 Å². The number of benzene rings is 2. The Morgan fingerprint density at radius 1 is 1.15 bits per heavy atom. The van der Waals surface area contributed by atoms with Crippen molar-refractivity contribution in [2.24, 2.45) is 0 Å². The number of hydrogen-bond donors (Lipinski definition) is 1. The topological polar surface area (TPSA) is 88.4 Å². The SMILES string of the molecule is COc1cc(/C=C2\SC(=O)NC2=O)ccc1Oc1ccc(C#N)c(C)c1. The fourth-order valence-corrected chi connectivity index (χ4v) is 3.06. The molecular formula is C19H14N2O4S. The molecule has 7 heteroatoms. The van der Waals surface area contributed by atoms with E-state index in [1.807, 2.05) is 6.92 Å². The van der Waals surface area contributed by atoms with E-state index in [9.17, 15) is 9.59 Å². The Morgan fingerprint density at radius 3 is 2.58 bits per heavy atom. The first-order chi connectivity index (χ1) is 12.5. The van der Waals surface area contributed by atoms with Gasteiger partial charge in [-0.05, 0) is 66.2 Å². The summed E-state index contributed by atoms with van der Waals surface area (Å²) >= 11 is 0.857. The minimum Gasteiger partial charge on any atom is -0.493 e. The lowest BCUT2D eigenvalue weighted by Gasteiger charge is -2.12. The zero-order chi connectivity index (χ0) is 18.7. The zero-order valence-electron chi connectivity index (χ0n) is 14.0. The highest BCUT2D eigenvalue weighted by molar-refractivity contribution is 8.18. The first-order valence-electron chi connectivity index (χ1n) is 7.61. The number of nitrogens with one attached hydrogen (secondary N) is 1. The van der Waals surface area contributed by atoms with Gasteiger partial charge in [-0.25, -0.2) is 0 Å². The number of carbonyl (C=O) groups is 2. The summed E-state index contributed by atoms with van der Waals surface area (Å²) in [6, 6.07) is 12.5. The summed E-state index contributed by atoms with van der Waals surface area (Å²) in [6.45, 7) is 1.84. The van der Waals surface area contributed by atoms with E-state index in [2.05, 4.69) is 11.4 Å². The molecule has 6 nitrogen and oxygen atoms in total. The van der Waals surface area contributed by atoms with Gasteiger partial charge in [-0.15, -0.1) is 0 Å². The maximum absolute atomic E-state index is 11.6. The highest BCUT2D eigenvalue weighted by Crippen LogP contribution is 2.34. The Kier molecular flexibility index (Phi) is 4.96. The van der Waals surface area contributed by atoms with Crippen molar-refractivity contribution < 1.29 is 19.1 Å². The Balaban J connectivity index is 1.87. The van der Waals surface area contributed by atoms with Crippen molar-refractivity contribution in [3.8, 4) is 23.3 Å². The summed E-state index contributed by atoms with van der Waals surface area (Å²) in [4.78, 5) is 23.2. The second-order valence-corrected chi connectivity index (χ2v) is 6.47. The first kappa shape index (κ1) is 17.6. The van der Waals surface area contributed by atoms with Crippen LogP contribution in [0.2, 0.25) is 0 Å². The van der Waals surface area contributed by atoms with Crippen LogP contribution in [-0.4, -0.2) is 18.3 Å². The monoisotopic (exact) mass is 366 g/mol. The normalized spacial score (nSPS) is 14.9. The van der Waals surface area contributed by atoms with Crippen molar-refractivity contribution in [2.45, 2.75) is 6.92 Å². The van der Waals surface area contributed by atoms with Crippen LogP contribution in [0.3, 0.4) is 0 Å². The van der Waals surface area contributed by atoms with Crippen molar-refractivity contribution >= 4 is 29.0 Å². The van der Waals surface area contributed by atoms with Gasteiger partial charge in [0.25, 0.3) is 11.1 Å². The molecule has 0 spiro atoms. The summed E-state index contributed by atoms with van der Waals surface area (Å²) in [7, 11) is 1.52. The molecule has 1 N–H and O–H groups in total. The Labute approximate surface area is 154 Å². The van der Waals surface area contributed by atoms with Gasteiger partial charge in [0.1, 0.15) is 5.75 Å². The largest absolute Gasteiger partial charge is 0.493 e. The van der Waals surface area contributed by atoms with E-state index in [1.165, 1.54) is 7.11 Å². The van der Waals surface area contributed by atoms with Crippen LogP contribution in [0.5, 0.6) is 17.2 Å². The van der Waals surface area contributed by atoms with E-state index in [0.29, 0.717) is 33.3 Å². The number of imide groups is 1. The van der Waals surface area contributed by atoms with Crippen molar-refractivity contribution in [1.82, 2.24) is 5.32 Å². The van der Waals surface area contributed by atoms with Crippen LogP contribution in [-0.2, 0) is 4.79 Å². The molecule has 0 saturated carbocycles. The quantitative estimate of drug-likeness (QED) is 0.823. The fourth-order valence-electron chi connectivity index (χ4n) is 2.38. The van der Waals surface area contributed by atoms with E-state index in [4.69, 9.17) is 14.7 Å². The maximum Gasteiger partial charge on any atom is 0.290 e. The van der Waals surface area contributed by atoms with Crippen LogP contribution in [0.25, 0.3) is 6.08 Å². The molecule has 26 heavy (non-hydrogen) atoms.